The van der Waals surface area contributed by atoms with E-state index in [4.69, 9.17) is 5.11 Å². The zero-order valence-electron chi connectivity index (χ0n) is 10.8. The fourth-order valence-corrected chi connectivity index (χ4v) is 2.89. The van der Waals surface area contributed by atoms with Gasteiger partial charge >= 0.3 is 5.97 Å². The third-order valence-electron chi connectivity index (χ3n) is 4.14. The maximum atomic E-state index is 12.0. The topological polar surface area (TPSA) is 84.2 Å². The Kier molecular flexibility index (Phi) is 2.80. The molecule has 0 aromatic carbocycles. The standard InChI is InChI=1S/C13H17N3O3/c1-16-11-4-2-3-10(9(11)6-14-16)15-12(17)7-5-8(7)13(18)19/h6-8,10H,2-5H2,1H3,(H,15,17)(H,18,19)/t7-,8+,10?/m1/s1. The zero-order valence-corrected chi connectivity index (χ0v) is 10.8. The second kappa shape index (κ2) is 4.36. The molecule has 0 spiro atoms. The first-order valence-corrected chi connectivity index (χ1v) is 6.62. The number of carbonyl (C=O) groups excluding carboxylic acids is 1. The lowest BCUT2D eigenvalue weighted by Crippen LogP contribution is -2.32. The van der Waals surface area contributed by atoms with Crippen molar-refractivity contribution in [2.24, 2.45) is 18.9 Å². The average Bonchev–Trinajstić information content (AvgIpc) is 3.10. The highest BCUT2D eigenvalue weighted by Gasteiger charge is 2.48. The van der Waals surface area contributed by atoms with Crippen molar-refractivity contribution >= 4 is 11.9 Å². The second-order valence-corrected chi connectivity index (χ2v) is 5.41. The zero-order chi connectivity index (χ0) is 13.6. The minimum atomic E-state index is -0.870. The van der Waals surface area contributed by atoms with E-state index in [9.17, 15) is 9.59 Å². The van der Waals surface area contributed by atoms with Gasteiger partial charge in [0.25, 0.3) is 0 Å². The molecule has 0 bridgehead atoms. The van der Waals surface area contributed by atoms with Crippen LogP contribution in [0.4, 0.5) is 0 Å². The van der Waals surface area contributed by atoms with Gasteiger partial charge in [0.15, 0.2) is 0 Å². The number of fused-ring (bicyclic) bond motifs is 1. The summed E-state index contributed by atoms with van der Waals surface area (Å²) >= 11 is 0. The van der Waals surface area contributed by atoms with Crippen LogP contribution in [-0.4, -0.2) is 26.8 Å². The fraction of sp³-hybridized carbons (Fsp3) is 0.615. The average molecular weight is 263 g/mol. The summed E-state index contributed by atoms with van der Waals surface area (Å²) in [4.78, 5) is 22.8. The molecule has 3 rings (SSSR count). The molecule has 2 N–H and O–H groups in total. The number of nitrogens with zero attached hydrogens (tertiary/aromatic N) is 2. The number of aliphatic carboxylic acids is 1. The normalized spacial score (nSPS) is 28.6. The molecule has 0 saturated heterocycles. The third kappa shape index (κ3) is 2.11. The fourth-order valence-electron chi connectivity index (χ4n) is 2.89. The first-order chi connectivity index (χ1) is 9.08. The molecule has 1 unspecified atom stereocenters. The van der Waals surface area contributed by atoms with Gasteiger partial charge in [-0.25, -0.2) is 0 Å². The van der Waals surface area contributed by atoms with Gasteiger partial charge in [0.2, 0.25) is 5.91 Å². The third-order valence-corrected chi connectivity index (χ3v) is 4.14. The van der Waals surface area contributed by atoms with E-state index < -0.39 is 11.9 Å². The van der Waals surface area contributed by atoms with Crippen molar-refractivity contribution in [1.29, 1.82) is 0 Å². The highest BCUT2D eigenvalue weighted by atomic mass is 16.4. The number of hydrogen-bond donors (Lipinski definition) is 2. The molecule has 6 heteroatoms. The highest BCUT2D eigenvalue weighted by molar-refractivity contribution is 5.89. The van der Waals surface area contributed by atoms with E-state index >= 15 is 0 Å². The molecule has 1 aromatic heterocycles. The van der Waals surface area contributed by atoms with Crippen LogP contribution in [0.3, 0.4) is 0 Å². The molecule has 1 amide bonds. The van der Waals surface area contributed by atoms with Crippen molar-refractivity contribution in [2.75, 3.05) is 0 Å². The van der Waals surface area contributed by atoms with Gasteiger partial charge in [-0.3, -0.25) is 14.3 Å². The predicted molar refractivity (Wildman–Crippen MR) is 66.3 cm³/mol. The number of nitrogens with one attached hydrogen (secondary N) is 1. The number of aryl methyl sites for hydroxylation is 1. The summed E-state index contributed by atoms with van der Waals surface area (Å²) in [6.45, 7) is 0. The Balaban J connectivity index is 1.68. The second-order valence-electron chi connectivity index (χ2n) is 5.41. The van der Waals surface area contributed by atoms with E-state index in [-0.39, 0.29) is 17.9 Å². The molecule has 2 aliphatic carbocycles. The molecule has 3 atom stereocenters. The van der Waals surface area contributed by atoms with E-state index in [0.717, 1.165) is 24.8 Å². The first kappa shape index (κ1) is 12.2. The Morgan fingerprint density at radius 3 is 2.95 bits per heavy atom. The lowest BCUT2D eigenvalue weighted by Gasteiger charge is -2.23. The maximum absolute atomic E-state index is 12.0. The summed E-state index contributed by atoms with van der Waals surface area (Å²) in [5, 5.41) is 16.1. The molecule has 1 heterocycles. The molecule has 1 aromatic rings. The Hall–Kier alpha value is -1.85. The van der Waals surface area contributed by atoms with Crippen molar-refractivity contribution < 1.29 is 14.7 Å². The molecule has 19 heavy (non-hydrogen) atoms. The minimum Gasteiger partial charge on any atom is -0.481 e. The van der Waals surface area contributed by atoms with Crippen LogP contribution in [0.2, 0.25) is 0 Å². The summed E-state index contributed by atoms with van der Waals surface area (Å²) in [6.07, 6.45) is 5.17. The molecule has 0 aliphatic heterocycles. The molecular formula is C13H17N3O3. The van der Waals surface area contributed by atoms with Crippen molar-refractivity contribution in [3.05, 3.63) is 17.5 Å². The summed E-state index contributed by atoms with van der Waals surface area (Å²) in [5.74, 6) is -1.84. The summed E-state index contributed by atoms with van der Waals surface area (Å²) in [7, 11) is 1.91. The van der Waals surface area contributed by atoms with Crippen molar-refractivity contribution in [3.8, 4) is 0 Å². The van der Waals surface area contributed by atoms with Crippen molar-refractivity contribution in [3.63, 3.8) is 0 Å². The smallest absolute Gasteiger partial charge is 0.307 e. The van der Waals surface area contributed by atoms with Crippen LogP contribution in [0, 0.1) is 11.8 Å². The SMILES string of the molecule is Cn1ncc2c1CCCC2NC(=O)[C@@H]1C[C@@H]1C(=O)O. The summed E-state index contributed by atoms with van der Waals surface area (Å²) in [5.41, 5.74) is 2.25. The van der Waals surface area contributed by atoms with E-state index in [2.05, 4.69) is 10.4 Å². The molecule has 1 saturated carbocycles. The Bertz CT molecular complexity index is 537. The van der Waals surface area contributed by atoms with E-state index in [1.165, 1.54) is 5.69 Å². The van der Waals surface area contributed by atoms with Gasteiger partial charge in [0.1, 0.15) is 0 Å². The molecule has 2 aliphatic rings. The molecule has 0 radical (unpaired) electrons. The van der Waals surface area contributed by atoms with E-state index in [0.29, 0.717) is 6.42 Å². The monoisotopic (exact) mass is 263 g/mol. The van der Waals surface area contributed by atoms with Gasteiger partial charge in [-0.2, -0.15) is 5.10 Å². The van der Waals surface area contributed by atoms with Crippen LogP contribution in [0.25, 0.3) is 0 Å². The van der Waals surface area contributed by atoms with Gasteiger partial charge in [-0.15, -0.1) is 0 Å². The molecule has 1 fully saturated rings. The Morgan fingerprint density at radius 2 is 2.26 bits per heavy atom. The van der Waals surface area contributed by atoms with E-state index in [1.807, 2.05) is 11.7 Å². The number of aromatic nitrogens is 2. The van der Waals surface area contributed by atoms with Crippen LogP contribution in [-0.2, 0) is 23.1 Å². The van der Waals surface area contributed by atoms with Gasteiger partial charge < -0.3 is 10.4 Å². The largest absolute Gasteiger partial charge is 0.481 e. The van der Waals surface area contributed by atoms with Crippen molar-refractivity contribution in [2.45, 2.75) is 31.7 Å². The summed E-state index contributed by atoms with van der Waals surface area (Å²) < 4.78 is 1.85. The lowest BCUT2D eigenvalue weighted by atomic mass is 9.93. The van der Waals surface area contributed by atoms with Crippen LogP contribution in [0.1, 0.15) is 36.6 Å². The Morgan fingerprint density at radius 1 is 1.47 bits per heavy atom. The molecule has 6 nitrogen and oxygen atoms in total. The maximum Gasteiger partial charge on any atom is 0.307 e. The predicted octanol–water partition coefficient (Wildman–Crippen LogP) is 0.634. The van der Waals surface area contributed by atoms with Gasteiger partial charge in [0.05, 0.1) is 24.1 Å². The number of rotatable bonds is 3. The minimum absolute atomic E-state index is 0.0139. The number of carboxylic acid groups (broad SMARTS) is 1. The van der Waals surface area contributed by atoms with Crippen molar-refractivity contribution in [1.82, 2.24) is 15.1 Å². The van der Waals surface area contributed by atoms with Crippen LogP contribution in [0.5, 0.6) is 0 Å². The molecule has 102 valence electrons. The lowest BCUT2D eigenvalue weighted by molar-refractivity contribution is -0.140. The van der Waals surface area contributed by atoms with Crippen LogP contribution in [0.15, 0.2) is 6.20 Å². The number of hydrogen-bond acceptors (Lipinski definition) is 3. The quantitative estimate of drug-likeness (QED) is 0.838. The van der Waals surface area contributed by atoms with E-state index in [1.54, 1.807) is 6.20 Å². The number of carboxylic acids is 1. The number of amides is 1. The number of carbonyl (C=O) groups is 2. The van der Waals surface area contributed by atoms with Crippen LogP contribution >= 0.6 is 0 Å². The Labute approximate surface area is 110 Å². The van der Waals surface area contributed by atoms with Gasteiger partial charge in [-0.05, 0) is 25.7 Å². The first-order valence-electron chi connectivity index (χ1n) is 6.62. The highest BCUT2D eigenvalue weighted by Crippen LogP contribution is 2.40. The molecular weight excluding hydrogens is 246 g/mol. The van der Waals surface area contributed by atoms with Crippen LogP contribution < -0.4 is 5.32 Å². The summed E-state index contributed by atoms with van der Waals surface area (Å²) in [6, 6.07) is -0.0139. The van der Waals surface area contributed by atoms with Gasteiger partial charge in [0, 0.05) is 18.3 Å². The van der Waals surface area contributed by atoms with Gasteiger partial charge in [-0.1, -0.05) is 0 Å².